The molecule has 0 radical (unpaired) electrons. The Bertz CT molecular complexity index is 312. The van der Waals surface area contributed by atoms with Gasteiger partial charge in [0, 0.05) is 0 Å². The number of hydrogen-bond donors (Lipinski definition) is 0. The van der Waals surface area contributed by atoms with Gasteiger partial charge in [-0.3, -0.25) is 4.79 Å². The van der Waals surface area contributed by atoms with E-state index in [0.717, 1.165) is 0 Å². The first-order valence-corrected chi connectivity index (χ1v) is 8.67. The highest BCUT2D eigenvalue weighted by molar-refractivity contribution is 6.70. The van der Waals surface area contributed by atoms with Crippen molar-refractivity contribution in [2.45, 2.75) is 40.4 Å². The fraction of sp³-hybridized carbons (Fsp3) is 0.636. The van der Waals surface area contributed by atoms with E-state index in [-0.39, 0.29) is 18.0 Å². The van der Waals surface area contributed by atoms with Crippen molar-refractivity contribution in [1.29, 1.82) is 0 Å². The molecule has 5 heteroatoms. The van der Waals surface area contributed by atoms with Gasteiger partial charge in [0.05, 0.1) is 12.4 Å². The fourth-order valence-corrected chi connectivity index (χ4v) is 2.27. The quantitative estimate of drug-likeness (QED) is 0.186. The first kappa shape index (κ1) is 14.9. The highest BCUT2D eigenvalue weighted by Crippen LogP contribution is 2.15. The van der Waals surface area contributed by atoms with Crippen LogP contribution in [0.15, 0.2) is 11.3 Å². The highest BCUT2D eigenvalue weighted by Gasteiger charge is 2.24. The average molecular weight is 244 g/mol. The molecule has 4 nitrogen and oxygen atoms in total. The molecule has 0 heterocycles. The Morgan fingerprint density at radius 3 is 1.94 bits per heavy atom. The van der Waals surface area contributed by atoms with Gasteiger partial charge >= 0.3 is 5.97 Å². The maximum Gasteiger partial charge on any atom is 0.345 e. The first-order chi connectivity index (χ1) is 7.19. The second kappa shape index (κ2) is 5.84. The summed E-state index contributed by atoms with van der Waals surface area (Å²) < 4.78 is 10.4. The standard InChI is InChI=1S/C11H20O4Si/c1-7-14-11(13)10(8(2)12)9(3)15-16(4,5)6/h7H2,1-6H3. The van der Waals surface area contributed by atoms with Crippen molar-refractivity contribution in [2.75, 3.05) is 6.61 Å². The summed E-state index contributed by atoms with van der Waals surface area (Å²) in [7, 11) is -1.82. The van der Waals surface area contributed by atoms with Crippen molar-refractivity contribution in [2.24, 2.45) is 0 Å². The zero-order chi connectivity index (χ0) is 12.9. The summed E-state index contributed by atoms with van der Waals surface area (Å²) in [5.74, 6) is -0.565. The number of allylic oxidation sites excluding steroid dienone is 1. The molecule has 0 aromatic carbocycles. The van der Waals surface area contributed by atoms with E-state index in [9.17, 15) is 9.59 Å². The summed E-state index contributed by atoms with van der Waals surface area (Å²) in [6, 6.07) is 0. The molecule has 0 spiro atoms. The highest BCUT2D eigenvalue weighted by atomic mass is 28.4. The number of rotatable bonds is 5. The first-order valence-electron chi connectivity index (χ1n) is 5.27. The van der Waals surface area contributed by atoms with Crippen molar-refractivity contribution >= 4 is 20.1 Å². The Hall–Kier alpha value is -1.10. The van der Waals surface area contributed by atoms with Gasteiger partial charge in [-0.2, -0.15) is 0 Å². The summed E-state index contributed by atoms with van der Waals surface area (Å²) in [4.78, 5) is 22.9. The molecule has 0 amide bonds. The lowest BCUT2D eigenvalue weighted by Crippen LogP contribution is -2.27. The van der Waals surface area contributed by atoms with Crippen molar-refractivity contribution in [3.05, 3.63) is 11.3 Å². The van der Waals surface area contributed by atoms with E-state index in [0.29, 0.717) is 5.76 Å². The molecule has 0 saturated heterocycles. The van der Waals surface area contributed by atoms with Crippen LogP contribution in [-0.4, -0.2) is 26.7 Å². The number of Topliss-reactive ketones (excluding diaryl/α,β-unsaturated/α-hetero) is 1. The summed E-state index contributed by atoms with van der Waals surface area (Å²) in [6.07, 6.45) is 0. The largest absolute Gasteiger partial charge is 0.547 e. The lowest BCUT2D eigenvalue weighted by Gasteiger charge is -2.21. The molecule has 0 saturated carbocycles. The number of ether oxygens (including phenoxy) is 1. The third-order valence-corrected chi connectivity index (χ3v) is 2.56. The SMILES string of the molecule is CCOC(=O)C(C(C)=O)=C(C)O[Si](C)(C)C. The van der Waals surface area contributed by atoms with Gasteiger partial charge < -0.3 is 9.16 Å². The molecular formula is C11H20O4Si. The van der Waals surface area contributed by atoms with Crippen molar-refractivity contribution in [1.82, 2.24) is 0 Å². The summed E-state index contributed by atoms with van der Waals surface area (Å²) in [5.41, 5.74) is 0.0178. The molecule has 0 bridgehead atoms. The average Bonchev–Trinajstić information content (AvgIpc) is 1.99. The fourth-order valence-electron chi connectivity index (χ4n) is 1.25. The number of carbonyl (C=O) groups excluding carboxylic acids is 2. The van der Waals surface area contributed by atoms with Crippen LogP contribution in [0.1, 0.15) is 20.8 Å². The Kier molecular flexibility index (Phi) is 5.44. The maximum absolute atomic E-state index is 11.5. The lowest BCUT2D eigenvalue weighted by atomic mass is 10.1. The molecule has 0 N–H and O–H groups in total. The minimum absolute atomic E-state index is 0.0178. The van der Waals surface area contributed by atoms with Gasteiger partial charge in [-0.1, -0.05) is 0 Å². The zero-order valence-electron chi connectivity index (χ0n) is 10.8. The molecule has 0 aliphatic rings. The van der Waals surface area contributed by atoms with Gasteiger partial charge in [0.25, 0.3) is 0 Å². The Balaban J connectivity index is 5.09. The van der Waals surface area contributed by atoms with E-state index in [1.807, 2.05) is 19.6 Å². The van der Waals surface area contributed by atoms with Crippen LogP contribution < -0.4 is 0 Å². The van der Waals surface area contributed by atoms with Crippen LogP contribution in [0.4, 0.5) is 0 Å². The van der Waals surface area contributed by atoms with Crippen molar-refractivity contribution in [3.63, 3.8) is 0 Å². The monoisotopic (exact) mass is 244 g/mol. The number of carbonyl (C=O) groups is 2. The summed E-state index contributed by atoms with van der Waals surface area (Å²) in [5, 5.41) is 0. The molecule has 92 valence electrons. The molecule has 0 atom stereocenters. The van der Waals surface area contributed by atoms with Crippen LogP contribution in [0.3, 0.4) is 0 Å². The lowest BCUT2D eigenvalue weighted by molar-refractivity contribution is -0.140. The minimum atomic E-state index is -1.82. The topological polar surface area (TPSA) is 52.6 Å². The summed E-state index contributed by atoms with van der Waals surface area (Å²) in [6.45, 7) is 10.9. The van der Waals surface area contributed by atoms with Crippen LogP contribution in [0.25, 0.3) is 0 Å². The van der Waals surface area contributed by atoms with E-state index in [1.54, 1.807) is 13.8 Å². The van der Waals surface area contributed by atoms with E-state index >= 15 is 0 Å². The van der Waals surface area contributed by atoms with Crippen LogP contribution in [0, 0.1) is 0 Å². The van der Waals surface area contributed by atoms with E-state index in [4.69, 9.17) is 9.16 Å². The van der Waals surface area contributed by atoms with Crippen LogP contribution in [0.2, 0.25) is 19.6 Å². The van der Waals surface area contributed by atoms with Crippen molar-refractivity contribution in [3.8, 4) is 0 Å². The Labute approximate surface area is 97.8 Å². The van der Waals surface area contributed by atoms with Gasteiger partial charge in [0.1, 0.15) is 5.57 Å². The molecule has 0 unspecified atom stereocenters. The molecule has 0 aromatic heterocycles. The van der Waals surface area contributed by atoms with Gasteiger partial charge in [0.15, 0.2) is 5.78 Å². The third-order valence-electron chi connectivity index (χ3n) is 1.64. The molecule has 0 fully saturated rings. The normalized spacial score (nSPS) is 12.9. The number of ketones is 1. The molecular weight excluding hydrogens is 224 g/mol. The second-order valence-corrected chi connectivity index (χ2v) is 8.85. The third kappa shape index (κ3) is 5.11. The smallest absolute Gasteiger partial charge is 0.345 e. The molecule has 0 aliphatic heterocycles. The minimum Gasteiger partial charge on any atom is -0.547 e. The van der Waals surface area contributed by atoms with Gasteiger partial charge in [-0.25, -0.2) is 4.79 Å². The van der Waals surface area contributed by atoms with Crippen LogP contribution in [0.5, 0.6) is 0 Å². The van der Waals surface area contributed by atoms with Crippen LogP contribution in [-0.2, 0) is 18.8 Å². The maximum atomic E-state index is 11.5. The van der Waals surface area contributed by atoms with Crippen molar-refractivity contribution < 1.29 is 18.8 Å². The Morgan fingerprint density at radius 2 is 1.62 bits per heavy atom. The molecule has 0 aromatic rings. The van der Waals surface area contributed by atoms with E-state index in [2.05, 4.69) is 0 Å². The molecule has 0 rings (SSSR count). The molecule has 16 heavy (non-hydrogen) atoms. The van der Waals surface area contributed by atoms with Gasteiger partial charge in [-0.15, -0.1) is 0 Å². The number of esters is 1. The zero-order valence-corrected chi connectivity index (χ0v) is 11.8. The van der Waals surface area contributed by atoms with E-state index in [1.165, 1.54) is 6.92 Å². The predicted octanol–water partition coefficient (Wildman–Crippen LogP) is 2.26. The Morgan fingerprint density at radius 1 is 1.12 bits per heavy atom. The van der Waals surface area contributed by atoms with Gasteiger partial charge in [-0.05, 0) is 40.4 Å². The predicted molar refractivity (Wildman–Crippen MR) is 64.4 cm³/mol. The number of hydrogen-bond acceptors (Lipinski definition) is 4. The van der Waals surface area contributed by atoms with Gasteiger partial charge in [0.2, 0.25) is 8.32 Å². The van der Waals surface area contributed by atoms with Crippen LogP contribution >= 0.6 is 0 Å². The second-order valence-electron chi connectivity index (χ2n) is 4.42. The van der Waals surface area contributed by atoms with E-state index < -0.39 is 14.3 Å². The molecule has 0 aliphatic carbocycles. The summed E-state index contributed by atoms with van der Waals surface area (Å²) >= 11 is 0.